The third kappa shape index (κ3) is 3.56. The van der Waals surface area contributed by atoms with Gasteiger partial charge < -0.3 is 0 Å². The number of hydrogen-bond acceptors (Lipinski definition) is 2. The molecule has 2 fully saturated rings. The van der Waals surface area contributed by atoms with E-state index in [0.29, 0.717) is 33.7 Å². The molecule has 2 atom stereocenters. The predicted molar refractivity (Wildman–Crippen MR) is 58.8 cm³/mol. The van der Waals surface area contributed by atoms with Gasteiger partial charge in [-0.15, -0.1) is 0 Å². The molecular formula is C12H23INO-. The molecule has 3 heteroatoms. The summed E-state index contributed by atoms with van der Waals surface area (Å²) in [7, 11) is 0. The van der Waals surface area contributed by atoms with Crippen LogP contribution in [-0.4, -0.2) is 44.6 Å². The minimum absolute atomic E-state index is 0.399. The standard InChI is InChI=1S/C12H23INO/c15-10-11-3-2-8-14(9-11)12-4-1-6-13-7-5-12/h11-12,15H,1-10H2/q-1/t11-,12?/m1/s1. The molecule has 2 saturated heterocycles. The Kier molecular flexibility index (Phi) is 5.17. The molecule has 2 rings (SSSR count). The Morgan fingerprint density at radius 3 is 2.93 bits per heavy atom. The van der Waals surface area contributed by atoms with Gasteiger partial charge in [0.15, 0.2) is 0 Å². The van der Waals surface area contributed by atoms with Crippen molar-refractivity contribution >= 4 is 0 Å². The number of piperidine rings is 1. The molecule has 0 aromatic carbocycles. The van der Waals surface area contributed by atoms with Crippen molar-refractivity contribution in [3.63, 3.8) is 0 Å². The van der Waals surface area contributed by atoms with E-state index in [4.69, 9.17) is 0 Å². The van der Waals surface area contributed by atoms with Crippen molar-refractivity contribution in [1.82, 2.24) is 4.90 Å². The first-order chi connectivity index (χ1) is 7.40. The van der Waals surface area contributed by atoms with E-state index in [0.717, 1.165) is 6.04 Å². The van der Waals surface area contributed by atoms with Crippen molar-refractivity contribution in [3.05, 3.63) is 0 Å². The number of alkyl halides is 2. The first-order valence-electron chi connectivity index (χ1n) is 6.28. The normalized spacial score (nSPS) is 35.5. The van der Waals surface area contributed by atoms with Crippen molar-refractivity contribution in [2.45, 2.75) is 38.1 Å². The van der Waals surface area contributed by atoms with Gasteiger partial charge in [0, 0.05) is 0 Å². The number of hydrogen-bond donors (Lipinski definition) is 1. The summed E-state index contributed by atoms with van der Waals surface area (Å²) in [5.74, 6) is 0.566. The third-order valence-electron chi connectivity index (χ3n) is 3.71. The van der Waals surface area contributed by atoms with Crippen molar-refractivity contribution in [1.29, 1.82) is 0 Å². The molecule has 0 spiro atoms. The van der Waals surface area contributed by atoms with E-state index in [-0.39, 0.29) is 0 Å². The van der Waals surface area contributed by atoms with Gasteiger partial charge in [-0.05, 0) is 0 Å². The van der Waals surface area contributed by atoms with Gasteiger partial charge in [0.2, 0.25) is 0 Å². The topological polar surface area (TPSA) is 23.5 Å². The Morgan fingerprint density at radius 1 is 1.13 bits per heavy atom. The number of halogens is 1. The molecule has 0 saturated carbocycles. The van der Waals surface area contributed by atoms with Crippen LogP contribution in [0, 0.1) is 5.92 Å². The summed E-state index contributed by atoms with van der Waals surface area (Å²) in [6.07, 6.45) is 6.89. The monoisotopic (exact) mass is 324 g/mol. The first kappa shape index (κ1) is 12.1. The molecule has 1 unspecified atom stereocenters. The average Bonchev–Trinajstić information content (AvgIpc) is 2.58. The molecule has 0 radical (unpaired) electrons. The predicted octanol–water partition coefficient (Wildman–Crippen LogP) is -1.67. The van der Waals surface area contributed by atoms with E-state index in [1.54, 1.807) is 4.43 Å². The summed E-state index contributed by atoms with van der Waals surface area (Å²) >= 11 is 0.546. The zero-order valence-electron chi connectivity index (χ0n) is 9.50. The summed E-state index contributed by atoms with van der Waals surface area (Å²) in [4.78, 5) is 2.68. The second-order valence-electron chi connectivity index (χ2n) is 4.84. The number of likely N-dealkylation sites (tertiary alicyclic amines) is 1. The number of aliphatic hydroxyl groups is 1. The van der Waals surface area contributed by atoms with Gasteiger partial charge in [-0.3, -0.25) is 0 Å². The van der Waals surface area contributed by atoms with Crippen molar-refractivity contribution in [2.24, 2.45) is 5.92 Å². The molecule has 90 valence electrons. The second kappa shape index (κ2) is 6.40. The molecule has 2 heterocycles. The molecular weight excluding hydrogens is 301 g/mol. The molecule has 0 bridgehead atoms. The fourth-order valence-corrected chi connectivity index (χ4v) is 5.47. The Balaban J connectivity index is 1.84. The fraction of sp³-hybridized carbons (Fsp3) is 1.00. The van der Waals surface area contributed by atoms with Crippen LogP contribution in [-0.2, 0) is 0 Å². The van der Waals surface area contributed by atoms with Crippen LogP contribution in [0.25, 0.3) is 0 Å². The SMILES string of the molecule is OC[C@@H]1CCCN(C2CCC[I-]CC2)C1. The number of aliphatic hydroxyl groups excluding tert-OH is 1. The average molecular weight is 324 g/mol. The Bertz CT molecular complexity index is 180. The summed E-state index contributed by atoms with van der Waals surface area (Å²) in [6.45, 7) is 2.86. The summed E-state index contributed by atoms with van der Waals surface area (Å²) in [6, 6.07) is 0.863. The third-order valence-corrected chi connectivity index (χ3v) is 6.62. The number of nitrogens with zero attached hydrogens (tertiary/aromatic N) is 1. The van der Waals surface area contributed by atoms with Crippen LogP contribution in [0.5, 0.6) is 0 Å². The summed E-state index contributed by atoms with van der Waals surface area (Å²) in [5.41, 5.74) is 0. The fourth-order valence-electron chi connectivity index (χ4n) is 2.79. The van der Waals surface area contributed by atoms with Gasteiger partial charge in [-0.25, -0.2) is 0 Å². The molecule has 2 nitrogen and oxygen atoms in total. The van der Waals surface area contributed by atoms with Gasteiger partial charge in [0.05, 0.1) is 0 Å². The summed E-state index contributed by atoms with van der Waals surface area (Å²) < 4.78 is 3.08. The van der Waals surface area contributed by atoms with Crippen LogP contribution in [0.3, 0.4) is 0 Å². The molecule has 0 aromatic rings. The van der Waals surface area contributed by atoms with E-state index >= 15 is 0 Å². The van der Waals surface area contributed by atoms with Crippen molar-refractivity contribution in [3.8, 4) is 0 Å². The van der Waals surface area contributed by atoms with Gasteiger partial charge in [-0.1, -0.05) is 0 Å². The van der Waals surface area contributed by atoms with Crippen LogP contribution < -0.4 is 21.2 Å². The minimum atomic E-state index is 0.399. The van der Waals surface area contributed by atoms with E-state index in [9.17, 15) is 5.11 Å². The van der Waals surface area contributed by atoms with Crippen LogP contribution >= 0.6 is 0 Å². The Morgan fingerprint density at radius 2 is 2.07 bits per heavy atom. The van der Waals surface area contributed by atoms with Crippen LogP contribution in [0.2, 0.25) is 0 Å². The van der Waals surface area contributed by atoms with E-state index in [1.807, 2.05) is 0 Å². The van der Waals surface area contributed by atoms with Crippen molar-refractivity contribution in [2.75, 3.05) is 28.6 Å². The first-order valence-corrected chi connectivity index (χ1v) is 9.33. The molecule has 0 aromatic heterocycles. The van der Waals surface area contributed by atoms with Gasteiger partial charge in [-0.2, -0.15) is 0 Å². The zero-order chi connectivity index (χ0) is 10.5. The molecule has 0 amide bonds. The van der Waals surface area contributed by atoms with Gasteiger partial charge in [0.1, 0.15) is 0 Å². The maximum atomic E-state index is 9.24. The van der Waals surface area contributed by atoms with Gasteiger partial charge in [0.25, 0.3) is 0 Å². The summed E-state index contributed by atoms with van der Waals surface area (Å²) in [5, 5.41) is 9.24. The zero-order valence-corrected chi connectivity index (χ0v) is 11.7. The Hall–Kier alpha value is 0.650. The molecule has 2 aliphatic heterocycles. The van der Waals surface area contributed by atoms with E-state index < -0.39 is 0 Å². The van der Waals surface area contributed by atoms with Crippen molar-refractivity contribution < 1.29 is 26.3 Å². The number of rotatable bonds is 2. The van der Waals surface area contributed by atoms with Gasteiger partial charge >= 0.3 is 104 Å². The van der Waals surface area contributed by atoms with Crippen LogP contribution in [0.4, 0.5) is 0 Å². The van der Waals surface area contributed by atoms with E-state index in [1.165, 1.54) is 49.6 Å². The quantitative estimate of drug-likeness (QED) is 0.485. The van der Waals surface area contributed by atoms with Crippen LogP contribution in [0.1, 0.15) is 32.1 Å². The Labute approximate surface area is 104 Å². The maximum absolute atomic E-state index is 9.24. The molecule has 15 heavy (non-hydrogen) atoms. The molecule has 1 N–H and O–H groups in total. The van der Waals surface area contributed by atoms with Crippen LogP contribution in [0.15, 0.2) is 0 Å². The van der Waals surface area contributed by atoms with E-state index in [2.05, 4.69) is 4.90 Å². The molecule has 0 aliphatic carbocycles. The second-order valence-corrected chi connectivity index (χ2v) is 8.07. The molecule has 2 aliphatic rings.